The van der Waals surface area contributed by atoms with Crippen molar-refractivity contribution < 1.29 is 4.79 Å². The first kappa shape index (κ1) is 21.3. The standard InChI is InChI=1S/C23H17Cl3N2OS/c24-16-7-2-1-5-13(16)12-30-23-15(11-27)20(14-6-3-8-17(25)22(14)26)21-18(28-23)9-4-10-19(21)29/h1-3,5-8,20,28H,4,9-10,12H2/t20-/m0/s1. The summed E-state index contributed by atoms with van der Waals surface area (Å²) >= 11 is 20.6. The van der Waals surface area contributed by atoms with Gasteiger partial charge in [-0.1, -0.05) is 65.1 Å². The quantitative estimate of drug-likeness (QED) is 0.517. The Morgan fingerprint density at radius 2 is 1.83 bits per heavy atom. The maximum Gasteiger partial charge on any atom is 0.161 e. The number of halogens is 3. The molecule has 0 saturated carbocycles. The van der Waals surface area contributed by atoms with Gasteiger partial charge in [0.05, 0.1) is 32.6 Å². The van der Waals surface area contributed by atoms with E-state index in [0.717, 1.165) is 29.1 Å². The third-order valence-corrected chi connectivity index (χ3v) is 7.55. The van der Waals surface area contributed by atoms with Crippen molar-refractivity contribution in [2.45, 2.75) is 30.9 Å². The first-order valence-corrected chi connectivity index (χ1v) is 11.6. The lowest BCUT2D eigenvalue weighted by molar-refractivity contribution is -0.116. The van der Waals surface area contributed by atoms with Crippen LogP contribution in [0.3, 0.4) is 0 Å². The predicted molar refractivity (Wildman–Crippen MR) is 124 cm³/mol. The maximum atomic E-state index is 12.9. The van der Waals surface area contributed by atoms with Gasteiger partial charge in [0, 0.05) is 28.5 Å². The number of carbonyl (C=O) groups is 1. The lowest BCUT2D eigenvalue weighted by atomic mass is 9.77. The number of nitriles is 1. The van der Waals surface area contributed by atoms with Gasteiger partial charge >= 0.3 is 0 Å². The molecule has 3 nitrogen and oxygen atoms in total. The Morgan fingerprint density at radius 1 is 1.07 bits per heavy atom. The van der Waals surface area contributed by atoms with Gasteiger partial charge in [-0.3, -0.25) is 4.79 Å². The molecule has 4 rings (SSSR count). The van der Waals surface area contributed by atoms with Gasteiger partial charge in [0.15, 0.2) is 5.78 Å². The van der Waals surface area contributed by atoms with Gasteiger partial charge < -0.3 is 5.32 Å². The number of thioether (sulfide) groups is 1. The Hall–Kier alpha value is -1.90. The van der Waals surface area contributed by atoms with E-state index in [1.165, 1.54) is 11.8 Å². The average Bonchev–Trinajstić information content (AvgIpc) is 2.74. The van der Waals surface area contributed by atoms with E-state index < -0.39 is 5.92 Å². The summed E-state index contributed by atoms with van der Waals surface area (Å²) in [5.74, 6) is 0.117. The summed E-state index contributed by atoms with van der Waals surface area (Å²) in [5.41, 5.74) is 3.63. The fourth-order valence-electron chi connectivity index (χ4n) is 3.86. The van der Waals surface area contributed by atoms with E-state index in [-0.39, 0.29) is 5.78 Å². The highest BCUT2D eigenvalue weighted by atomic mass is 35.5. The van der Waals surface area contributed by atoms with Crippen molar-refractivity contribution in [2.75, 3.05) is 0 Å². The number of nitrogens with one attached hydrogen (secondary N) is 1. The Labute approximate surface area is 194 Å². The second-order valence-corrected chi connectivity index (χ2v) is 9.28. The molecular weight excluding hydrogens is 459 g/mol. The number of Topliss-reactive ketones (excluding diaryl/α,β-unsaturated/α-hetero) is 1. The minimum atomic E-state index is -0.529. The molecule has 7 heteroatoms. The predicted octanol–water partition coefficient (Wildman–Crippen LogP) is 7.01. The monoisotopic (exact) mass is 474 g/mol. The Balaban J connectivity index is 1.80. The zero-order valence-electron chi connectivity index (χ0n) is 15.8. The summed E-state index contributed by atoms with van der Waals surface area (Å²) < 4.78 is 0. The molecule has 1 heterocycles. The SMILES string of the molecule is N#CC1=C(SCc2ccccc2Cl)NC2=C(C(=O)CCC2)[C@H]1c1cccc(Cl)c1Cl. The molecule has 0 saturated heterocycles. The van der Waals surface area contributed by atoms with Crippen LogP contribution in [0.5, 0.6) is 0 Å². The summed E-state index contributed by atoms with van der Waals surface area (Å²) in [4.78, 5) is 12.9. The van der Waals surface area contributed by atoms with Crippen molar-refractivity contribution in [3.05, 3.63) is 90.5 Å². The van der Waals surface area contributed by atoms with Crippen LogP contribution in [0.2, 0.25) is 15.1 Å². The van der Waals surface area contributed by atoms with Gasteiger partial charge in [-0.15, -0.1) is 11.8 Å². The fraction of sp³-hybridized carbons (Fsp3) is 0.217. The second kappa shape index (κ2) is 9.08. The maximum absolute atomic E-state index is 12.9. The van der Waals surface area contributed by atoms with Crippen LogP contribution in [0, 0.1) is 11.3 Å². The van der Waals surface area contributed by atoms with E-state index in [1.54, 1.807) is 12.1 Å². The van der Waals surface area contributed by atoms with Gasteiger partial charge in [0.2, 0.25) is 0 Å². The molecule has 0 aromatic heterocycles. The highest BCUT2D eigenvalue weighted by molar-refractivity contribution is 8.02. The Bertz CT molecular complexity index is 1130. The average molecular weight is 476 g/mol. The first-order chi connectivity index (χ1) is 14.5. The molecule has 0 fully saturated rings. The summed E-state index contributed by atoms with van der Waals surface area (Å²) in [6.45, 7) is 0. The number of ketones is 1. The highest BCUT2D eigenvalue weighted by Gasteiger charge is 2.38. The van der Waals surface area contributed by atoms with Gasteiger partial charge in [0.25, 0.3) is 0 Å². The van der Waals surface area contributed by atoms with E-state index >= 15 is 0 Å². The van der Waals surface area contributed by atoms with Crippen LogP contribution in [-0.2, 0) is 10.5 Å². The summed E-state index contributed by atoms with van der Waals surface area (Å²) in [7, 11) is 0. The van der Waals surface area contributed by atoms with Crippen molar-refractivity contribution in [3.8, 4) is 6.07 Å². The third kappa shape index (κ3) is 4.00. The molecule has 2 aromatic carbocycles. The number of hydrogen-bond donors (Lipinski definition) is 1. The van der Waals surface area contributed by atoms with Gasteiger partial charge in [-0.25, -0.2) is 0 Å². The lowest BCUT2D eigenvalue weighted by Gasteiger charge is -2.33. The molecule has 2 aromatic rings. The molecule has 0 amide bonds. The normalized spacial score (nSPS) is 18.7. The summed E-state index contributed by atoms with van der Waals surface area (Å²) in [6, 6.07) is 15.3. The molecule has 1 aliphatic heterocycles. The van der Waals surface area contributed by atoms with Crippen molar-refractivity contribution in [1.82, 2.24) is 5.32 Å². The van der Waals surface area contributed by atoms with Gasteiger partial charge in [-0.2, -0.15) is 5.26 Å². The van der Waals surface area contributed by atoms with Gasteiger partial charge in [0.1, 0.15) is 0 Å². The van der Waals surface area contributed by atoms with E-state index in [0.29, 0.717) is 44.0 Å². The smallest absolute Gasteiger partial charge is 0.161 e. The topological polar surface area (TPSA) is 52.9 Å². The molecule has 1 atom stereocenters. The number of benzene rings is 2. The van der Waals surface area contributed by atoms with Crippen LogP contribution in [0.25, 0.3) is 0 Å². The molecule has 0 bridgehead atoms. The highest BCUT2D eigenvalue weighted by Crippen LogP contribution is 2.47. The number of allylic oxidation sites excluding steroid dienone is 3. The molecule has 1 N–H and O–H groups in total. The van der Waals surface area contributed by atoms with Crippen LogP contribution in [0.1, 0.15) is 36.3 Å². The zero-order valence-corrected chi connectivity index (χ0v) is 18.9. The van der Waals surface area contributed by atoms with E-state index in [2.05, 4.69) is 11.4 Å². The van der Waals surface area contributed by atoms with Crippen LogP contribution in [0.4, 0.5) is 0 Å². The van der Waals surface area contributed by atoms with E-state index in [4.69, 9.17) is 34.8 Å². The number of nitrogens with zero attached hydrogens (tertiary/aromatic N) is 1. The number of carbonyl (C=O) groups excluding carboxylic acids is 1. The van der Waals surface area contributed by atoms with Crippen molar-refractivity contribution >= 4 is 52.3 Å². The minimum Gasteiger partial charge on any atom is -0.352 e. The molecule has 2 aliphatic rings. The third-order valence-electron chi connectivity index (χ3n) is 5.29. The van der Waals surface area contributed by atoms with E-state index in [9.17, 15) is 10.1 Å². The number of dihydropyridines is 1. The van der Waals surface area contributed by atoms with Crippen molar-refractivity contribution in [1.29, 1.82) is 5.26 Å². The largest absolute Gasteiger partial charge is 0.352 e. The molecule has 30 heavy (non-hydrogen) atoms. The van der Waals surface area contributed by atoms with Crippen LogP contribution in [-0.4, -0.2) is 5.78 Å². The number of hydrogen-bond acceptors (Lipinski definition) is 4. The molecule has 0 unspecified atom stereocenters. The molecule has 1 aliphatic carbocycles. The Kier molecular flexibility index (Phi) is 6.46. The second-order valence-electron chi connectivity index (χ2n) is 7.10. The first-order valence-electron chi connectivity index (χ1n) is 9.49. The summed E-state index contributed by atoms with van der Waals surface area (Å²) in [5, 5.41) is 15.6. The molecule has 152 valence electrons. The molecule has 0 spiro atoms. The molecule has 0 radical (unpaired) electrons. The minimum absolute atomic E-state index is 0.0488. The van der Waals surface area contributed by atoms with Gasteiger partial charge in [-0.05, 0) is 36.1 Å². The van der Waals surface area contributed by atoms with Crippen LogP contribution >= 0.6 is 46.6 Å². The fourth-order valence-corrected chi connectivity index (χ4v) is 5.62. The Morgan fingerprint density at radius 3 is 2.60 bits per heavy atom. The zero-order chi connectivity index (χ0) is 21.3. The lowest BCUT2D eigenvalue weighted by Crippen LogP contribution is -2.31. The van der Waals surface area contributed by atoms with E-state index in [1.807, 2.05) is 30.3 Å². The van der Waals surface area contributed by atoms with Crippen LogP contribution < -0.4 is 5.32 Å². The van der Waals surface area contributed by atoms with Crippen molar-refractivity contribution in [3.63, 3.8) is 0 Å². The van der Waals surface area contributed by atoms with Crippen LogP contribution in [0.15, 0.2) is 64.3 Å². The number of rotatable bonds is 4. The molecular formula is C23H17Cl3N2OS. The van der Waals surface area contributed by atoms with Crippen molar-refractivity contribution in [2.24, 2.45) is 0 Å². The summed E-state index contributed by atoms with van der Waals surface area (Å²) in [6.07, 6.45) is 2.01.